The normalized spacial score (nSPS) is 10.3. The van der Waals surface area contributed by atoms with Gasteiger partial charge >= 0.3 is 0 Å². The summed E-state index contributed by atoms with van der Waals surface area (Å²) < 4.78 is 13.3. The smallest absolute Gasteiger partial charge is 0.269 e. The number of amides is 1. The molecule has 0 aliphatic rings. The van der Waals surface area contributed by atoms with Crippen LogP contribution in [0.15, 0.2) is 30.3 Å². The van der Waals surface area contributed by atoms with Gasteiger partial charge in [-0.05, 0) is 12.1 Å². The Morgan fingerprint density at radius 3 is 2.87 bits per heavy atom. The SMILES string of the molecule is CNC(=O)c1ccc2cccc(F)c2n1. The number of pyridine rings is 1. The number of para-hydroxylation sites is 1. The van der Waals surface area contributed by atoms with Gasteiger partial charge in [-0.25, -0.2) is 9.37 Å². The van der Waals surface area contributed by atoms with E-state index < -0.39 is 5.82 Å². The third kappa shape index (κ3) is 1.66. The molecule has 0 aliphatic heterocycles. The van der Waals surface area contributed by atoms with Crippen molar-refractivity contribution in [1.82, 2.24) is 10.3 Å². The molecule has 0 atom stereocenters. The third-order valence-electron chi connectivity index (χ3n) is 2.13. The van der Waals surface area contributed by atoms with E-state index in [4.69, 9.17) is 0 Å². The Morgan fingerprint density at radius 1 is 1.33 bits per heavy atom. The third-order valence-corrected chi connectivity index (χ3v) is 2.13. The van der Waals surface area contributed by atoms with Crippen LogP contribution in [0.4, 0.5) is 4.39 Å². The minimum atomic E-state index is -0.418. The number of carbonyl (C=O) groups excluding carboxylic acids is 1. The van der Waals surface area contributed by atoms with Gasteiger partial charge in [0.15, 0.2) is 0 Å². The van der Waals surface area contributed by atoms with Gasteiger partial charge in [-0.15, -0.1) is 0 Å². The zero-order chi connectivity index (χ0) is 10.8. The predicted octanol–water partition coefficient (Wildman–Crippen LogP) is 1.73. The molecule has 15 heavy (non-hydrogen) atoms. The van der Waals surface area contributed by atoms with Gasteiger partial charge in [0, 0.05) is 12.4 Å². The first-order valence-electron chi connectivity index (χ1n) is 4.50. The van der Waals surface area contributed by atoms with Gasteiger partial charge in [0.05, 0.1) is 0 Å². The summed E-state index contributed by atoms with van der Waals surface area (Å²) >= 11 is 0. The fourth-order valence-corrected chi connectivity index (χ4v) is 1.37. The lowest BCUT2D eigenvalue weighted by Crippen LogP contribution is -2.19. The van der Waals surface area contributed by atoms with Crippen molar-refractivity contribution in [3.05, 3.63) is 41.8 Å². The first-order chi connectivity index (χ1) is 7.22. The molecule has 0 saturated carbocycles. The molecule has 0 fully saturated rings. The molecule has 3 nitrogen and oxygen atoms in total. The fraction of sp³-hybridized carbons (Fsp3) is 0.0909. The number of aromatic nitrogens is 1. The molecule has 0 bridgehead atoms. The molecule has 2 rings (SSSR count). The van der Waals surface area contributed by atoms with Crippen LogP contribution in [-0.4, -0.2) is 17.9 Å². The highest BCUT2D eigenvalue weighted by Gasteiger charge is 2.07. The van der Waals surface area contributed by atoms with E-state index in [1.165, 1.54) is 13.1 Å². The summed E-state index contributed by atoms with van der Waals surface area (Å²) in [5, 5.41) is 3.12. The number of halogens is 1. The molecule has 1 aromatic heterocycles. The van der Waals surface area contributed by atoms with Crippen LogP contribution in [0, 0.1) is 5.82 Å². The standard InChI is InChI=1S/C11H9FN2O/c1-13-11(15)9-6-5-7-3-2-4-8(12)10(7)14-9/h2-6H,1H3,(H,13,15). The van der Waals surface area contributed by atoms with Gasteiger partial charge < -0.3 is 5.32 Å². The lowest BCUT2D eigenvalue weighted by Gasteiger charge is -2.02. The minimum Gasteiger partial charge on any atom is -0.354 e. The predicted molar refractivity (Wildman–Crippen MR) is 55.1 cm³/mol. The average Bonchev–Trinajstić information content (AvgIpc) is 2.28. The summed E-state index contributed by atoms with van der Waals surface area (Å²) in [5.74, 6) is -0.738. The molecule has 76 valence electrons. The van der Waals surface area contributed by atoms with Crippen molar-refractivity contribution in [2.75, 3.05) is 7.05 Å². The van der Waals surface area contributed by atoms with Crippen molar-refractivity contribution in [3.63, 3.8) is 0 Å². The quantitative estimate of drug-likeness (QED) is 0.768. The van der Waals surface area contributed by atoms with Crippen LogP contribution in [0.25, 0.3) is 10.9 Å². The number of hydrogen-bond acceptors (Lipinski definition) is 2. The molecule has 0 radical (unpaired) electrons. The highest BCUT2D eigenvalue weighted by molar-refractivity contribution is 5.94. The number of fused-ring (bicyclic) bond motifs is 1. The summed E-state index contributed by atoms with van der Waals surface area (Å²) in [5.41, 5.74) is 0.439. The minimum absolute atomic E-state index is 0.218. The average molecular weight is 204 g/mol. The van der Waals surface area contributed by atoms with Crippen LogP contribution >= 0.6 is 0 Å². The maximum absolute atomic E-state index is 13.3. The zero-order valence-electron chi connectivity index (χ0n) is 8.12. The molecule has 0 saturated heterocycles. The Hall–Kier alpha value is -1.97. The van der Waals surface area contributed by atoms with Crippen LogP contribution in [0.1, 0.15) is 10.5 Å². The molecule has 0 aliphatic carbocycles. The van der Waals surface area contributed by atoms with E-state index in [-0.39, 0.29) is 17.1 Å². The summed E-state index contributed by atoms with van der Waals surface area (Å²) in [6.45, 7) is 0. The van der Waals surface area contributed by atoms with E-state index in [1.807, 2.05) is 0 Å². The largest absolute Gasteiger partial charge is 0.354 e. The molecule has 1 amide bonds. The molecule has 2 aromatic rings. The van der Waals surface area contributed by atoms with E-state index >= 15 is 0 Å². The summed E-state index contributed by atoms with van der Waals surface area (Å²) in [6, 6.07) is 7.93. The second kappa shape index (κ2) is 3.65. The first kappa shape index (κ1) is 9.58. The van der Waals surface area contributed by atoms with E-state index in [2.05, 4.69) is 10.3 Å². The summed E-state index contributed by atoms with van der Waals surface area (Å²) in [4.78, 5) is 15.2. The Balaban J connectivity index is 2.64. The molecule has 4 heteroatoms. The van der Waals surface area contributed by atoms with Crippen LogP contribution < -0.4 is 5.32 Å². The second-order valence-corrected chi connectivity index (χ2v) is 3.09. The van der Waals surface area contributed by atoms with Crippen molar-refractivity contribution in [2.45, 2.75) is 0 Å². The molecule has 1 N–H and O–H groups in total. The topological polar surface area (TPSA) is 42.0 Å². The van der Waals surface area contributed by atoms with Crippen LogP contribution in [-0.2, 0) is 0 Å². The molecule has 0 spiro atoms. The number of nitrogens with one attached hydrogen (secondary N) is 1. The van der Waals surface area contributed by atoms with E-state index in [1.54, 1.807) is 24.3 Å². The van der Waals surface area contributed by atoms with Gasteiger partial charge in [0.25, 0.3) is 5.91 Å². The van der Waals surface area contributed by atoms with Gasteiger partial charge in [0.2, 0.25) is 0 Å². The lowest BCUT2D eigenvalue weighted by atomic mass is 10.2. The van der Waals surface area contributed by atoms with Gasteiger partial charge in [-0.2, -0.15) is 0 Å². The molecular weight excluding hydrogens is 195 g/mol. The summed E-state index contributed by atoms with van der Waals surface area (Å²) in [6.07, 6.45) is 0. The van der Waals surface area contributed by atoms with Crippen LogP contribution in [0.3, 0.4) is 0 Å². The monoisotopic (exact) mass is 204 g/mol. The van der Waals surface area contributed by atoms with Crippen LogP contribution in [0.5, 0.6) is 0 Å². The second-order valence-electron chi connectivity index (χ2n) is 3.09. The van der Waals surface area contributed by atoms with E-state index in [0.29, 0.717) is 5.39 Å². The molecular formula is C11H9FN2O. The number of carbonyl (C=O) groups is 1. The highest BCUT2D eigenvalue weighted by atomic mass is 19.1. The maximum atomic E-state index is 13.3. The first-order valence-corrected chi connectivity index (χ1v) is 4.50. The summed E-state index contributed by atoms with van der Waals surface area (Å²) in [7, 11) is 1.51. The van der Waals surface area contributed by atoms with Gasteiger partial charge in [0.1, 0.15) is 17.0 Å². The molecule has 1 heterocycles. The van der Waals surface area contributed by atoms with Crippen molar-refractivity contribution in [3.8, 4) is 0 Å². The molecule has 0 unspecified atom stereocenters. The number of hydrogen-bond donors (Lipinski definition) is 1. The Labute approximate surface area is 85.9 Å². The van der Waals surface area contributed by atoms with Crippen molar-refractivity contribution in [2.24, 2.45) is 0 Å². The highest BCUT2D eigenvalue weighted by Crippen LogP contribution is 2.15. The lowest BCUT2D eigenvalue weighted by molar-refractivity contribution is 0.0958. The molecule has 1 aromatic carbocycles. The number of rotatable bonds is 1. The Morgan fingerprint density at radius 2 is 2.13 bits per heavy atom. The number of nitrogens with zero attached hydrogens (tertiary/aromatic N) is 1. The maximum Gasteiger partial charge on any atom is 0.269 e. The Kier molecular flexibility index (Phi) is 2.33. The van der Waals surface area contributed by atoms with Gasteiger partial charge in [-0.3, -0.25) is 4.79 Å². The van der Waals surface area contributed by atoms with Crippen molar-refractivity contribution >= 4 is 16.8 Å². The van der Waals surface area contributed by atoms with Crippen LogP contribution in [0.2, 0.25) is 0 Å². The van der Waals surface area contributed by atoms with E-state index in [0.717, 1.165) is 0 Å². The van der Waals surface area contributed by atoms with Gasteiger partial charge in [-0.1, -0.05) is 18.2 Å². The van der Waals surface area contributed by atoms with E-state index in [9.17, 15) is 9.18 Å². The fourth-order valence-electron chi connectivity index (χ4n) is 1.37. The zero-order valence-corrected chi connectivity index (χ0v) is 8.12. The van der Waals surface area contributed by atoms with Crippen molar-refractivity contribution < 1.29 is 9.18 Å². The van der Waals surface area contributed by atoms with Crippen molar-refractivity contribution in [1.29, 1.82) is 0 Å². The number of benzene rings is 1. The Bertz CT molecular complexity index is 525.